The second-order valence-electron chi connectivity index (χ2n) is 5.12. The van der Waals surface area contributed by atoms with Crippen LogP contribution in [0.1, 0.15) is 30.0 Å². The van der Waals surface area contributed by atoms with Crippen molar-refractivity contribution in [2.24, 2.45) is 5.92 Å². The number of nitrogens with zero attached hydrogens (tertiary/aromatic N) is 3. The highest BCUT2D eigenvalue weighted by molar-refractivity contribution is 5.92. The van der Waals surface area contributed by atoms with Crippen molar-refractivity contribution in [3.63, 3.8) is 0 Å². The van der Waals surface area contributed by atoms with E-state index in [1.807, 2.05) is 30.3 Å². The fraction of sp³-hybridized carbons (Fsp3) is 0.312. The van der Waals surface area contributed by atoms with Crippen molar-refractivity contribution >= 4 is 5.91 Å². The Bertz CT molecular complexity index is 540. The average Bonchev–Trinajstić information content (AvgIpc) is 2.47. The van der Waals surface area contributed by atoms with Gasteiger partial charge in [0.2, 0.25) is 0 Å². The van der Waals surface area contributed by atoms with E-state index in [0.29, 0.717) is 24.7 Å². The van der Waals surface area contributed by atoms with Crippen molar-refractivity contribution in [1.82, 2.24) is 14.9 Å². The van der Waals surface area contributed by atoms with Crippen LogP contribution in [0, 0.1) is 5.92 Å². The summed E-state index contributed by atoms with van der Waals surface area (Å²) in [5.41, 5.74) is 1.36. The second-order valence-corrected chi connectivity index (χ2v) is 5.12. The molecule has 20 heavy (non-hydrogen) atoms. The van der Waals surface area contributed by atoms with Crippen LogP contribution < -0.4 is 0 Å². The zero-order chi connectivity index (χ0) is 14.4. The molecule has 0 aromatic carbocycles. The van der Waals surface area contributed by atoms with Crippen molar-refractivity contribution in [2.45, 2.75) is 20.4 Å². The lowest BCUT2D eigenvalue weighted by Crippen LogP contribution is -2.34. The van der Waals surface area contributed by atoms with E-state index in [9.17, 15) is 4.79 Å². The fourth-order valence-corrected chi connectivity index (χ4v) is 2.00. The maximum absolute atomic E-state index is 12.5. The van der Waals surface area contributed by atoms with Crippen LogP contribution in [0.4, 0.5) is 0 Å². The van der Waals surface area contributed by atoms with Gasteiger partial charge in [-0.1, -0.05) is 26.0 Å². The first-order valence-electron chi connectivity index (χ1n) is 6.77. The molecule has 0 aliphatic rings. The van der Waals surface area contributed by atoms with Gasteiger partial charge in [-0.05, 0) is 30.2 Å². The minimum atomic E-state index is -0.0510. The quantitative estimate of drug-likeness (QED) is 0.838. The fourth-order valence-electron chi connectivity index (χ4n) is 2.00. The van der Waals surface area contributed by atoms with Crippen LogP contribution in [0.15, 0.2) is 48.8 Å². The third kappa shape index (κ3) is 3.88. The first-order chi connectivity index (χ1) is 9.66. The predicted molar refractivity (Wildman–Crippen MR) is 78.1 cm³/mol. The molecular weight excluding hydrogens is 250 g/mol. The third-order valence-electron chi connectivity index (χ3n) is 2.84. The SMILES string of the molecule is CC(C)CN(Cc1ccccn1)C(=O)c1ccccn1. The summed E-state index contributed by atoms with van der Waals surface area (Å²) < 4.78 is 0. The molecule has 0 spiro atoms. The van der Waals surface area contributed by atoms with Gasteiger partial charge in [0.05, 0.1) is 12.2 Å². The highest BCUT2D eigenvalue weighted by Crippen LogP contribution is 2.09. The molecule has 0 saturated carbocycles. The summed E-state index contributed by atoms with van der Waals surface area (Å²) in [6, 6.07) is 11.1. The van der Waals surface area contributed by atoms with E-state index in [2.05, 4.69) is 23.8 Å². The van der Waals surface area contributed by atoms with Gasteiger partial charge in [-0.15, -0.1) is 0 Å². The predicted octanol–water partition coefficient (Wildman–Crippen LogP) is 2.78. The molecule has 4 nitrogen and oxygen atoms in total. The smallest absolute Gasteiger partial charge is 0.272 e. The summed E-state index contributed by atoms with van der Waals surface area (Å²) in [4.78, 5) is 22.7. The number of hydrogen-bond donors (Lipinski definition) is 0. The molecular formula is C16H19N3O. The first kappa shape index (κ1) is 14.2. The Morgan fingerprint density at radius 2 is 1.80 bits per heavy atom. The molecule has 0 saturated heterocycles. The Balaban J connectivity index is 2.17. The van der Waals surface area contributed by atoms with Crippen molar-refractivity contribution in [3.8, 4) is 0 Å². The summed E-state index contributed by atoms with van der Waals surface area (Å²) in [5.74, 6) is 0.344. The van der Waals surface area contributed by atoms with Gasteiger partial charge in [0.25, 0.3) is 5.91 Å². The first-order valence-corrected chi connectivity index (χ1v) is 6.77. The van der Waals surface area contributed by atoms with Crippen molar-refractivity contribution in [2.75, 3.05) is 6.54 Å². The number of amides is 1. The highest BCUT2D eigenvalue weighted by Gasteiger charge is 2.18. The lowest BCUT2D eigenvalue weighted by Gasteiger charge is -2.24. The van der Waals surface area contributed by atoms with E-state index in [0.717, 1.165) is 5.69 Å². The highest BCUT2D eigenvalue weighted by atomic mass is 16.2. The van der Waals surface area contributed by atoms with Gasteiger partial charge in [-0.3, -0.25) is 14.8 Å². The van der Waals surface area contributed by atoms with Crippen molar-refractivity contribution < 1.29 is 4.79 Å². The van der Waals surface area contributed by atoms with Crippen LogP contribution in [-0.2, 0) is 6.54 Å². The van der Waals surface area contributed by atoms with Crippen LogP contribution in [0.3, 0.4) is 0 Å². The normalized spacial score (nSPS) is 10.6. The molecule has 0 radical (unpaired) electrons. The van der Waals surface area contributed by atoms with Crippen LogP contribution in [0.25, 0.3) is 0 Å². The summed E-state index contributed by atoms with van der Waals surface area (Å²) in [6.45, 7) is 5.38. The van der Waals surface area contributed by atoms with E-state index in [-0.39, 0.29) is 5.91 Å². The number of rotatable bonds is 5. The summed E-state index contributed by atoms with van der Waals surface area (Å²) in [7, 11) is 0. The van der Waals surface area contributed by atoms with Gasteiger partial charge in [0.15, 0.2) is 0 Å². The number of aromatic nitrogens is 2. The van der Waals surface area contributed by atoms with Crippen molar-refractivity contribution in [3.05, 3.63) is 60.2 Å². The standard InChI is InChI=1S/C16H19N3O/c1-13(2)11-19(12-14-7-3-5-9-17-14)16(20)15-8-4-6-10-18-15/h3-10,13H,11-12H2,1-2H3. The maximum Gasteiger partial charge on any atom is 0.272 e. The number of carbonyl (C=O) groups excluding carboxylic acids is 1. The monoisotopic (exact) mass is 269 g/mol. The molecule has 4 heteroatoms. The van der Waals surface area contributed by atoms with Gasteiger partial charge in [-0.2, -0.15) is 0 Å². The van der Waals surface area contributed by atoms with Gasteiger partial charge in [0.1, 0.15) is 5.69 Å². The molecule has 0 aliphatic carbocycles. The second kappa shape index (κ2) is 6.80. The Labute approximate surface area is 119 Å². The molecule has 0 N–H and O–H groups in total. The van der Waals surface area contributed by atoms with E-state index in [1.54, 1.807) is 23.4 Å². The Morgan fingerprint density at radius 3 is 2.35 bits per heavy atom. The van der Waals surface area contributed by atoms with E-state index < -0.39 is 0 Å². The molecule has 2 aromatic rings. The molecule has 0 fully saturated rings. The molecule has 2 heterocycles. The Hall–Kier alpha value is -2.23. The van der Waals surface area contributed by atoms with Crippen LogP contribution >= 0.6 is 0 Å². The van der Waals surface area contributed by atoms with E-state index in [4.69, 9.17) is 0 Å². The molecule has 0 aliphatic heterocycles. The molecule has 0 unspecified atom stereocenters. The molecule has 1 amide bonds. The summed E-state index contributed by atoms with van der Waals surface area (Å²) >= 11 is 0. The molecule has 104 valence electrons. The van der Waals surface area contributed by atoms with Gasteiger partial charge in [-0.25, -0.2) is 0 Å². The van der Waals surface area contributed by atoms with Crippen LogP contribution in [-0.4, -0.2) is 27.3 Å². The Morgan fingerprint density at radius 1 is 1.10 bits per heavy atom. The number of hydrogen-bond acceptors (Lipinski definition) is 3. The number of carbonyl (C=O) groups is 1. The van der Waals surface area contributed by atoms with E-state index in [1.165, 1.54) is 0 Å². The van der Waals surface area contributed by atoms with Crippen molar-refractivity contribution in [1.29, 1.82) is 0 Å². The van der Waals surface area contributed by atoms with Crippen LogP contribution in [0.5, 0.6) is 0 Å². The average molecular weight is 269 g/mol. The lowest BCUT2D eigenvalue weighted by atomic mass is 10.2. The zero-order valence-corrected chi connectivity index (χ0v) is 11.9. The molecule has 0 atom stereocenters. The minimum absolute atomic E-state index is 0.0510. The Kier molecular flexibility index (Phi) is 4.82. The maximum atomic E-state index is 12.5. The molecule has 2 rings (SSSR count). The van der Waals surface area contributed by atoms with Gasteiger partial charge in [0, 0.05) is 18.9 Å². The molecule has 2 aromatic heterocycles. The third-order valence-corrected chi connectivity index (χ3v) is 2.84. The zero-order valence-electron chi connectivity index (χ0n) is 11.9. The summed E-state index contributed by atoms with van der Waals surface area (Å²) in [5, 5.41) is 0. The van der Waals surface area contributed by atoms with Gasteiger partial charge >= 0.3 is 0 Å². The molecule has 0 bridgehead atoms. The van der Waals surface area contributed by atoms with E-state index >= 15 is 0 Å². The number of pyridine rings is 2. The largest absolute Gasteiger partial charge is 0.331 e. The minimum Gasteiger partial charge on any atom is -0.331 e. The topological polar surface area (TPSA) is 46.1 Å². The van der Waals surface area contributed by atoms with Crippen LogP contribution in [0.2, 0.25) is 0 Å². The lowest BCUT2D eigenvalue weighted by molar-refractivity contribution is 0.0714. The van der Waals surface area contributed by atoms with Gasteiger partial charge < -0.3 is 4.90 Å². The summed E-state index contributed by atoms with van der Waals surface area (Å²) in [6.07, 6.45) is 3.38.